The summed E-state index contributed by atoms with van der Waals surface area (Å²) in [4.78, 5) is 0. The van der Waals surface area contributed by atoms with E-state index in [-0.39, 0.29) is 0 Å². The van der Waals surface area contributed by atoms with Gasteiger partial charge < -0.3 is 4.74 Å². The SMILES string of the molecule is CC/C=C\CCC1CCC(C)O1. The topological polar surface area (TPSA) is 9.23 Å². The van der Waals surface area contributed by atoms with E-state index in [2.05, 4.69) is 26.0 Å². The first kappa shape index (κ1) is 9.79. The lowest BCUT2D eigenvalue weighted by Gasteiger charge is -2.08. The van der Waals surface area contributed by atoms with Gasteiger partial charge in [0.05, 0.1) is 12.2 Å². The van der Waals surface area contributed by atoms with Gasteiger partial charge in [-0.2, -0.15) is 0 Å². The minimum Gasteiger partial charge on any atom is -0.375 e. The Morgan fingerprint density at radius 3 is 2.75 bits per heavy atom. The fourth-order valence-corrected chi connectivity index (χ4v) is 1.66. The van der Waals surface area contributed by atoms with Crippen molar-refractivity contribution < 1.29 is 4.74 Å². The summed E-state index contributed by atoms with van der Waals surface area (Å²) >= 11 is 0. The lowest BCUT2D eigenvalue weighted by molar-refractivity contribution is 0.0516. The van der Waals surface area contributed by atoms with E-state index in [1.807, 2.05) is 0 Å². The highest BCUT2D eigenvalue weighted by Gasteiger charge is 2.20. The summed E-state index contributed by atoms with van der Waals surface area (Å²) < 4.78 is 5.71. The number of hydrogen-bond acceptors (Lipinski definition) is 1. The molecule has 0 radical (unpaired) electrons. The van der Waals surface area contributed by atoms with Crippen LogP contribution in [0.5, 0.6) is 0 Å². The van der Waals surface area contributed by atoms with E-state index >= 15 is 0 Å². The third-order valence-corrected chi connectivity index (χ3v) is 2.38. The van der Waals surface area contributed by atoms with E-state index in [1.54, 1.807) is 0 Å². The molecule has 1 saturated heterocycles. The van der Waals surface area contributed by atoms with E-state index in [4.69, 9.17) is 4.74 Å². The Morgan fingerprint density at radius 2 is 2.17 bits per heavy atom. The van der Waals surface area contributed by atoms with E-state index in [0.717, 1.165) is 6.42 Å². The van der Waals surface area contributed by atoms with Gasteiger partial charge in [0.2, 0.25) is 0 Å². The molecule has 1 aliphatic rings. The maximum absolute atomic E-state index is 5.71. The van der Waals surface area contributed by atoms with E-state index < -0.39 is 0 Å². The minimum atomic E-state index is 0.505. The van der Waals surface area contributed by atoms with Crippen molar-refractivity contribution in [3.05, 3.63) is 12.2 Å². The molecule has 0 aromatic carbocycles. The molecule has 0 amide bonds. The average Bonchev–Trinajstić information content (AvgIpc) is 2.45. The number of allylic oxidation sites excluding steroid dienone is 2. The molecule has 1 nitrogen and oxygen atoms in total. The summed E-state index contributed by atoms with van der Waals surface area (Å²) in [6.07, 6.45) is 11.6. The molecule has 1 rings (SSSR count). The van der Waals surface area contributed by atoms with Crippen LogP contribution in [0.3, 0.4) is 0 Å². The number of hydrogen-bond donors (Lipinski definition) is 0. The van der Waals surface area contributed by atoms with E-state index in [9.17, 15) is 0 Å². The third-order valence-electron chi connectivity index (χ3n) is 2.38. The van der Waals surface area contributed by atoms with Gasteiger partial charge in [0.25, 0.3) is 0 Å². The van der Waals surface area contributed by atoms with E-state index in [1.165, 1.54) is 25.7 Å². The highest BCUT2D eigenvalue weighted by atomic mass is 16.5. The van der Waals surface area contributed by atoms with Crippen molar-refractivity contribution >= 4 is 0 Å². The van der Waals surface area contributed by atoms with E-state index in [0.29, 0.717) is 12.2 Å². The summed E-state index contributed by atoms with van der Waals surface area (Å²) in [5, 5.41) is 0. The van der Waals surface area contributed by atoms with Crippen molar-refractivity contribution in [2.75, 3.05) is 0 Å². The van der Waals surface area contributed by atoms with Gasteiger partial charge >= 0.3 is 0 Å². The third kappa shape index (κ3) is 3.40. The van der Waals surface area contributed by atoms with Crippen molar-refractivity contribution in [2.24, 2.45) is 0 Å². The second-order valence-electron chi connectivity index (χ2n) is 3.60. The summed E-state index contributed by atoms with van der Waals surface area (Å²) in [5.41, 5.74) is 0. The van der Waals surface area contributed by atoms with Crippen molar-refractivity contribution in [1.29, 1.82) is 0 Å². The quantitative estimate of drug-likeness (QED) is 0.585. The normalized spacial score (nSPS) is 30.2. The molecule has 2 atom stereocenters. The average molecular weight is 168 g/mol. The molecule has 1 heterocycles. The van der Waals surface area contributed by atoms with Crippen molar-refractivity contribution in [3.8, 4) is 0 Å². The molecule has 2 unspecified atom stereocenters. The molecule has 0 spiro atoms. The van der Waals surface area contributed by atoms with Crippen molar-refractivity contribution in [2.45, 2.75) is 58.2 Å². The summed E-state index contributed by atoms with van der Waals surface area (Å²) in [6, 6.07) is 0. The lowest BCUT2D eigenvalue weighted by atomic mass is 10.1. The second-order valence-corrected chi connectivity index (χ2v) is 3.60. The van der Waals surface area contributed by atoms with Crippen LogP contribution in [0.2, 0.25) is 0 Å². The number of ether oxygens (including phenoxy) is 1. The van der Waals surface area contributed by atoms with Gasteiger partial charge in [-0.15, -0.1) is 0 Å². The Bertz CT molecular complexity index is 140. The van der Waals surface area contributed by atoms with Crippen LogP contribution in [0.4, 0.5) is 0 Å². The molecule has 1 aliphatic heterocycles. The molecule has 0 N–H and O–H groups in total. The van der Waals surface area contributed by atoms with Crippen LogP contribution >= 0.6 is 0 Å². The zero-order valence-corrected chi connectivity index (χ0v) is 8.25. The molecule has 0 aliphatic carbocycles. The standard InChI is InChI=1S/C11H20O/c1-3-4-5-6-7-11-9-8-10(2)12-11/h4-5,10-11H,3,6-9H2,1-2H3/b5-4-. The Labute approximate surface area is 75.8 Å². The molecule has 70 valence electrons. The maximum atomic E-state index is 5.71. The first-order chi connectivity index (χ1) is 5.83. The Morgan fingerprint density at radius 1 is 1.33 bits per heavy atom. The molecule has 0 aromatic rings. The largest absolute Gasteiger partial charge is 0.375 e. The molecule has 0 aromatic heterocycles. The molecule has 1 heteroatoms. The fourth-order valence-electron chi connectivity index (χ4n) is 1.66. The van der Waals surface area contributed by atoms with Crippen LogP contribution in [-0.2, 0) is 4.74 Å². The predicted octanol–water partition coefficient (Wildman–Crippen LogP) is 3.30. The van der Waals surface area contributed by atoms with Gasteiger partial charge in [-0.25, -0.2) is 0 Å². The molecule has 0 bridgehead atoms. The highest BCUT2D eigenvalue weighted by Crippen LogP contribution is 2.22. The van der Waals surface area contributed by atoms with Gasteiger partial charge in [0, 0.05) is 0 Å². The first-order valence-corrected chi connectivity index (χ1v) is 5.13. The molecule has 12 heavy (non-hydrogen) atoms. The highest BCUT2D eigenvalue weighted by molar-refractivity contribution is 4.82. The van der Waals surface area contributed by atoms with Gasteiger partial charge in [0.15, 0.2) is 0 Å². The zero-order valence-electron chi connectivity index (χ0n) is 8.25. The van der Waals surface area contributed by atoms with Gasteiger partial charge in [-0.05, 0) is 39.0 Å². The van der Waals surface area contributed by atoms with Crippen LogP contribution in [0.15, 0.2) is 12.2 Å². The minimum absolute atomic E-state index is 0.505. The monoisotopic (exact) mass is 168 g/mol. The maximum Gasteiger partial charge on any atom is 0.0582 e. The van der Waals surface area contributed by atoms with Crippen LogP contribution in [0.25, 0.3) is 0 Å². The summed E-state index contributed by atoms with van der Waals surface area (Å²) in [6.45, 7) is 4.34. The molecular weight excluding hydrogens is 148 g/mol. The predicted molar refractivity (Wildman–Crippen MR) is 52.2 cm³/mol. The fraction of sp³-hybridized carbons (Fsp3) is 0.818. The number of rotatable bonds is 4. The summed E-state index contributed by atoms with van der Waals surface area (Å²) in [5.74, 6) is 0. The zero-order chi connectivity index (χ0) is 8.81. The van der Waals surface area contributed by atoms with Gasteiger partial charge in [0.1, 0.15) is 0 Å². The molecule has 1 fully saturated rings. The van der Waals surface area contributed by atoms with Crippen molar-refractivity contribution in [3.63, 3.8) is 0 Å². The smallest absolute Gasteiger partial charge is 0.0582 e. The van der Waals surface area contributed by atoms with Crippen LogP contribution in [0, 0.1) is 0 Å². The van der Waals surface area contributed by atoms with Crippen molar-refractivity contribution in [1.82, 2.24) is 0 Å². The second kappa shape index (κ2) is 5.36. The van der Waals surface area contributed by atoms with Crippen LogP contribution in [0.1, 0.15) is 46.0 Å². The van der Waals surface area contributed by atoms with Gasteiger partial charge in [-0.3, -0.25) is 0 Å². The Kier molecular flexibility index (Phi) is 4.37. The van der Waals surface area contributed by atoms with Gasteiger partial charge in [-0.1, -0.05) is 19.1 Å². The first-order valence-electron chi connectivity index (χ1n) is 5.13. The Hall–Kier alpha value is -0.300. The molecular formula is C11H20O. The lowest BCUT2D eigenvalue weighted by Crippen LogP contribution is -2.07. The molecule has 0 saturated carbocycles. The van der Waals surface area contributed by atoms with Crippen LogP contribution in [-0.4, -0.2) is 12.2 Å². The Balaban J connectivity index is 2.04. The summed E-state index contributed by atoms with van der Waals surface area (Å²) in [7, 11) is 0. The van der Waals surface area contributed by atoms with Crippen LogP contribution < -0.4 is 0 Å².